The number of halogens is 2. The Balaban J connectivity index is 1.78. The summed E-state index contributed by atoms with van der Waals surface area (Å²) in [5, 5.41) is 0.727. The molecule has 0 aliphatic rings. The Labute approximate surface area is 228 Å². The highest BCUT2D eigenvalue weighted by Gasteiger charge is 2.23. The van der Waals surface area contributed by atoms with Gasteiger partial charge in [-0.1, -0.05) is 79.0 Å². The highest BCUT2D eigenvalue weighted by Crippen LogP contribution is 2.19. The predicted octanol–water partition coefficient (Wildman–Crippen LogP) is 6.88. The van der Waals surface area contributed by atoms with E-state index in [1.807, 2.05) is 59.6 Å². The molecule has 36 heavy (non-hydrogen) atoms. The van der Waals surface area contributed by atoms with Gasteiger partial charge in [0.25, 0.3) is 5.91 Å². The number of hydrogen-bond acceptors (Lipinski definition) is 2. The average Bonchev–Trinajstić information content (AvgIpc) is 3.28. The van der Waals surface area contributed by atoms with Crippen molar-refractivity contribution in [2.75, 3.05) is 19.6 Å². The first-order chi connectivity index (χ1) is 17.3. The number of unbranched alkanes of at least 4 members (excludes halogenated alkanes) is 1. The van der Waals surface area contributed by atoms with Gasteiger partial charge >= 0.3 is 0 Å². The molecule has 1 aromatic heterocycles. The molecule has 192 valence electrons. The second-order valence-electron chi connectivity index (χ2n) is 9.48. The van der Waals surface area contributed by atoms with Crippen LogP contribution in [0.3, 0.4) is 0 Å². The van der Waals surface area contributed by atoms with Crippen LogP contribution in [0, 0.1) is 5.92 Å². The standard InChI is InChI=1S/C29H35BrClN3O2/c1-4-5-15-33(29(36)23-11-8-12-25(30)17-23)21-28(35)34(18-22(2)3)20-26-13-9-16-32(26)19-24-10-6-7-14-27(24)31/h6-14,16-17,22H,4-5,15,18-21H2,1-3H3. The van der Waals surface area contributed by atoms with E-state index in [0.717, 1.165) is 33.6 Å². The quantitative estimate of drug-likeness (QED) is 0.237. The van der Waals surface area contributed by atoms with Crippen molar-refractivity contribution in [1.29, 1.82) is 0 Å². The van der Waals surface area contributed by atoms with Crippen LogP contribution in [-0.2, 0) is 17.9 Å². The maximum Gasteiger partial charge on any atom is 0.254 e. The molecule has 5 nitrogen and oxygen atoms in total. The van der Waals surface area contributed by atoms with E-state index < -0.39 is 0 Å². The number of carbonyl (C=O) groups is 2. The molecule has 2 aromatic carbocycles. The summed E-state index contributed by atoms with van der Waals surface area (Å²) in [5.41, 5.74) is 2.64. The molecule has 3 aromatic rings. The zero-order valence-corrected chi connectivity index (χ0v) is 23.6. The molecule has 0 aliphatic carbocycles. The van der Waals surface area contributed by atoms with E-state index >= 15 is 0 Å². The molecule has 0 N–H and O–H groups in total. The fourth-order valence-corrected chi connectivity index (χ4v) is 4.71. The summed E-state index contributed by atoms with van der Waals surface area (Å²) < 4.78 is 2.97. The van der Waals surface area contributed by atoms with Gasteiger partial charge in [0, 0.05) is 46.6 Å². The van der Waals surface area contributed by atoms with Gasteiger partial charge < -0.3 is 14.4 Å². The molecule has 0 saturated heterocycles. The number of nitrogens with zero attached hydrogens (tertiary/aromatic N) is 3. The van der Waals surface area contributed by atoms with Crippen LogP contribution in [0.25, 0.3) is 0 Å². The van der Waals surface area contributed by atoms with Gasteiger partial charge in [-0.25, -0.2) is 0 Å². The van der Waals surface area contributed by atoms with Crippen molar-refractivity contribution >= 4 is 39.3 Å². The largest absolute Gasteiger partial charge is 0.345 e. The summed E-state index contributed by atoms with van der Waals surface area (Å²) in [6, 6.07) is 19.2. The van der Waals surface area contributed by atoms with E-state index in [2.05, 4.69) is 41.3 Å². The zero-order chi connectivity index (χ0) is 26.1. The molecule has 0 fully saturated rings. The van der Waals surface area contributed by atoms with E-state index in [0.29, 0.717) is 37.7 Å². The van der Waals surface area contributed by atoms with Crippen LogP contribution >= 0.6 is 27.5 Å². The van der Waals surface area contributed by atoms with Crippen molar-refractivity contribution in [2.45, 2.75) is 46.7 Å². The van der Waals surface area contributed by atoms with Crippen molar-refractivity contribution in [3.8, 4) is 0 Å². The zero-order valence-electron chi connectivity index (χ0n) is 21.3. The van der Waals surface area contributed by atoms with E-state index in [-0.39, 0.29) is 18.4 Å². The summed E-state index contributed by atoms with van der Waals surface area (Å²) in [7, 11) is 0. The molecule has 0 saturated carbocycles. The maximum atomic E-state index is 13.6. The van der Waals surface area contributed by atoms with Gasteiger partial charge in [-0.15, -0.1) is 0 Å². The molecule has 1 heterocycles. The van der Waals surface area contributed by atoms with Crippen molar-refractivity contribution in [1.82, 2.24) is 14.4 Å². The first kappa shape index (κ1) is 28.0. The summed E-state index contributed by atoms with van der Waals surface area (Å²) in [5.74, 6) is 0.129. The Morgan fingerprint density at radius 1 is 1.03 bits per heavy atom. The molecule has 0 spiro atoms. The second-order valence-corrected chi connectivity index (χ2v) is 10.8. The number of benzene rings is 2. The minimum absolute atomic E-state index is 0.0476. The molecule has 0 aliphatic heterocycles. The Hall–Kier alpha value is -2.57. The third-order valence-electron chi connectivity index (χ3n) is 5.98. The fourth-order valence-electron chi connectivity index (χ4n) is 4.12. The lowest BCUT2D eigenvalue weighted by molar-refractivity contribution is -0.133. The van der Waals surface area contributed by atoms with Crippen LogP contribution in [0.4, 0.5) is 0 Å². The fraction of sp³-hybridized carbons (Fsp3) is 0.379. The summed E-state index contributed by atoms with van der Waals surface area (Å²) in [6.07, 6.45) is 3.81. The number of hydrogen-bond donors (Lipinski definition) is 0. The molecule has 7 heteroatoms. The molecule has 0 bridgehead atoms. The summed E-state index contributed by atoms with van der Waals surface area (Å²) in [4.78, 5) is 30.5. The predicted molar refractivity (Wildman–Crippen MR) is 150 cm³/mol. The lowest BCUT2D eigenvalue weighted by Crippen LogP contribution is -2.44. The van der Waals surface area contributed by atoms with Gasteiger partial charge in [0.15, 0.2) is 0 Å². The Bertz CT molecular complexity index is 1160. The first-order valence-corrected chi connectivity index (χ1v) is 13.7. The van der Waals surface area contributed by atoms with Crippen LogP contribution in [0.1, 0.15) is 55.2 Å². The summed E-state index contributed by atoms with van der Waals surface area (Å²) in [6.45, 7) is 8.62. The van der Waals surface area contributed by atoms with Gasteiger partial charge in [-0.2, -0.15) is 0 Å². The van der Waals surface area contributed by atoms with Crippen molar-refractivity contribution in [2.24, 2.45) is 5.92 Å². The minimum Gasteiger partial charge on any atom is -0.345 e. The highest BCUT2D eigenvalue weighted by atomic mass is 79.9. The third kappa shape index (κ3) is 7.97. The van der Waals surface area contributed by atoms with Crippen LogP contribution in [0.2, 0.25) is 5.02 Å². The molecule has 0 unspecified atom stereocenters. The average molecular weight is 573 g/mol. The highest BCUT2D eigenvalue weighted by molar-refractivity contribution is 9.10. The van der Waals surface area contributed by atoms with Crippen molar-refractivity contribution < 1.29 is 9.59 Å². The molecule has 3 rings (SSSR count). The number of amides is 2. The number of aromatic nitrogens is 1. The van der Waals surface area contributed by atoms with Crippen LogP contribution in [0.5, 0.6) is 0 Å². The second kappa shape index (κ2) is 13.7. The van der Waals surface area contributed by atoms with E-state index in [9.17, 15) is 9.59 Å². The Morgan fingerprint density at radius 2 is 1.81 bits per heavy atom. The van der Waals surface area contributed by atoms with Gasteiger partial charge in [0.2, 0.25) is 5.91 Å². The third-order valence-corrected chi connectivity index (χ3v) is 6.84. The van der Waals surface area contributed by atoms with Crippen LogP contribution in [-0.4, -0.2) is 45.8 Å². The van der Waals surface area contributed by atoms with Crippen LogP contribution in [0.15, 0.2) is 71.3 Å². The van der Waals surface area contributed by atoms with Gasteiger partial charge in [-0.3, -0.25) is 9.59 Å². The minimum atomic E-state index is -0.121. The molecule has 0 atom stereocenters. The molecule has 2 amide bonds. The van der Waals surface area contributed by atoms with Crippen molar-refractivity contribution in [3.63, 3.8) is 0 Å². The molecule has 0 radical (unpaired) electrons. The smallest absolute Gasteiger partial charge is 0.254 e. The Morgan fingerprint density at radius 3 is 2.50 bits per heavy atom. The van der Waals surface area contributed by atoms with Gasteiger partial charge in [0.1, 0.15) is 6.54 Å². The van der Waals surface area contributed by atoms with E-state index in [1.165, 1.54) is 0 Å². The molecular formula is C29H35BrClN3O2. The van der Waals surface area contributed by atoms with E-state index in [1.54, 1.807) is 17.0 Å². The van der Waals surface area contributed by atoms with Gasteiger partial charge in [-0.05, 0) is 54.3 Å². The lowest BCUT2D eigenvalue weighted by atomic mass is 10.1. The summed E-state index contributed by atoms with van der Waals surface area (Å²) >= 11 is 9.83. The monoisotopic (exact) mass is 571 g/mol. The molecular weight excluding hydrogens is 538 g/mol. The normalized spacial score (nSPS) is 11.1. The Kier molecular flexibility index (Phi) is 10.6. The number of rotatable bonds is 12. The first-order valence-electron chi connectivity index (χ1n) is 12.5. The van der Waals surface area contributed by atoms with E-state index in [4.69, 9.17) is 11.6 Å². The lowest BCUT2D eigenvalue weighted by Gasteiger charge is -2.29. The SMILES string of the molecule is CCCCN(CC(=O)N(Cc1cccn1Cc1ccccc1Cl)CC(C)C)C(=O)c1cccc(Br)c1. The topological polar surface area (TPSA) is 45.6 Å². The van der Waals surface area contributed by atoms with Gasteiger partial charge in [0.05, 0.1) is 6.54 Å². The van der Waals surface area contributed by atoms with Crippen LogP contribution < -0.4 is 0 Å². The maximum absolute atomic E-state index is 13.6. The van der Waals surface area contributed by atoms with Crippen molar-refractivity contribution in [3.05, 3.63) is 93.2 Å². The number of carbonyl (C=O) groups excluding carboxylic acids is 2.